The first-order valence-electron chi connectivity index (χ1n) is 10.5. The Kier molecular flexibility index (Phi) is 26.7. The lowest BCUT2D eigenvalue weighted by atomic mass is 10.1. The molecule has 178 valence electrons. The second-order valence-corrected chi connectivity index (χ2v) is 5.80. The molecule has 1 aliphatic rings. The van der Waals surface area contributed by atoms with Crippen LogP contribution in [0.1, 0.15) is 46.1 Å². The molecule has 7 heteroatoms. The topological polar surface area (TPSA) is 140 Å². The average Bonchev–Trinajstić information content (AvgIpc) is 2.87. The van der Waals surface area contributed by atoms with E-state index >= 15 is 0 Å². The maximum absolute atomic E-state index is 8.70. The first-order chi connectivity index (χ1) is 15.5. The first kappa shape index (κ1) is 33.3. The molecular weight excluding hydrogens is 402 g/mol. The summed E-state index contributed by atoms with van der Waals surface area (Å²) in [7, 11) is 1.68. The third-order valence-electron chi connectivity index (χ3n) is 3.62. The fourth-order valence-electron chi connectivity index (χ4n) is 1.92. The van der Waals surface area contributed by atoms with Crippen molar-refractivity contribution in [2.24, 2.45) is 17.2 Å². The Hall–Kier alpha value is -3.34. The van der Waals surface area contributed by atoms with Gasteiger partial charge in [-0.25, -0.2) is 0 Å². The van der Waals surface area contributed by atoms with E-state index in [-0.39, 0.29) is 0 Å². The summed E-state index contributed by atoms with van der Waals surface area (Å²) in [6.45, 7) is 11.1. The third kappa shape index (κ3) is 18.7. The van der Waals surface area contributed by atoms with Crippen LogP contribution in [-0.4, -0.2) is 27.1 Å². The number of methoxy groups -OCH3 is 1. The Morgan fingerprint density at radius 2 is 1.84 bits per heavy atom. The van der Waals surface area contributed by atoms with Crippen molar-refractivity contribution in [2.75, 3.05) is 25.6 Å². The van der Waals surface area contributed by atoms with Crippen LogP contribution in [0.25, 0.3) is 0 Å². The SMILES string of the molecule is C=O.CC.CC(=C\N)/C(=C/CN)Nc1ccc(C#N)cc1.CCOC.NC1=CC=CCC1. The molecule has 0 spiro atoms. The van der Waals surface area contributed by atoms with Crippen molar-refractivity contribution in [3.05, 3.63) is 77.3 Å². The molecule has 1 aromatic carbocycles. The van der Waals surface area contributed by atoms with Crippen LogP contribution in [0.2, 0.25) is 0 Å². The van der Waals surface area contributed by atoms with Gasteiger partial charge in [0.1, 0.15) is 6.79 Å². The van der Waals surface area contributed by atoms with Gasteiger partial charge in [0.2, 0.25) is 0 Å². The number of carbonyl (C=O) groups is 1. The van der Waals surface area contributed by atoms with Gasteiger partial charge in [-0.1, -0.05) is 26.0 Å². The lowest BCUT2D eigenvalue weighted by Crippen LogP contribution is -2.06. The molecule has 0 aliphatic heterocycles. The number of nitrogens with two attached hydrogens (primary N) is 3. The van der Waals surface area contributed by atoms with Gasteiger partial charge in [-0.15, -0.1) is 0 Å². The highest BCUT2D eigenvalue weighted by molar-refractivity contribution is 5.54. The van der Waals surface area contributed by atoms with Crippen molar-refractivity contribution in [3.8, 4) is 6.07 Å². The van der Waals surface area contributed by atoms with E-state index in [4.69, 9.17) is 27.3 Å². The summed E-state index contributed by atoms with van der Waals surface area (Å²) in [4.78, 5) is 8.00. The van der Waals surface area contributed by atoms with E-state index in [1.165, 1.54) is 6.20 Å². The van der Waals surface area contributed by atoms with Gasteiger partial charge in [0.25, 0.3) is 0 Å². The van der Waals surface area contributed by atoms with Crippen LogP contribution in [0.3, 0.4) is 0 Å². The summed E-state index contributed by atoms with van der Waals surface area (Å²) in [5.41, 5.74) is 20.7. The Bertz CT molecular complexity index is 728. The van der Waals surface area contributed by atoms with Crippen LogP contribution in [-0.2, 0) is 9.53 Å². The van der Waals surface area contributed by atoms with Gasteiger partial charge in [-0.05, 0) is 74.9 Å². The van der Waals surface area contributed by atoms with E-state index in [1.807, 2.05) is 64.8 Å². The number of nitrogens with one attached hydrogen (secondary N) is 1. The van der Waals surface area contributed by atoms with Crippen LogP contribution in [0.5, 0.6) is 0 Å². The number of nitrogens with zero attached hydrogens (tertiary/aromatic N) is 1. The molecule has 2 rings (SSSR count). The lowest BCUT2D eigenvalue weighted by Gasteiger charge is -2.11. The Morgan fingerprint density at radius 1 is 1.28 bits per heavy atom. The number of hydrogen-bond acceptors (Lipinski definition) is 7. The normalized spacial score (nSPS) is 11.8. The third-order valence-corrected chi connectivity index (χ3v) is 3.62. The van der Waals surface area contributed by atoms with Gasteiger partial charge in [0, 0.05) is 37.3 Å². The maximum Gasteiger partial charge on any atom is 0.106 e. The highest BCUT2D eigenvalue weighted by atomic mass is 16.5. The molecule has 1 aromatic rings. The number of hydrogen-bond donors (Lipinski definition) is 4. The Morgan fingerprint density at radius 3 is 2.16 bits per heavy atom. The molecule has 0 atom stereocenters. The molecule has 0 radical (unpaired) electrons. The molecule has 7 N–H and O–H groups in total. The summed E-state index contributed by atoms with van der Waals surface area (Å²) in [6, 6.07) is 9.26. The van der Waals surface area contributed by atoms with E-state index in [1.54, 1.807) is 19.2 Å². The molecule has 7 nitrogen and oxygen atoms in total. The van der Waals surface area contributed by atoms with Crippen LogP contribution in [0.4, 0.5) is 5.69 Å². The molecule has 0 bridgehead atoms. The second-order valence-electron chi connectivity index (χ2n) is 5.80. The number of anilines is 1. The molecule has 32 heavy (non-hydrogen) atoms. The van der Waals surface area contributed by atoms with Crippen LogP contribution >= 0.6 is 0 Å². The maximum atomic E-state index is 8.70. The smallest absolute Gasteiger partial charge is 0.106 e. The number of carbonyl (C=O) groups excluding carboxylic acids is 1. The van der Waals surface area contributed by atoms with E-state index in [2.05, 4.69) is 22.2 Å². The molecular formula is C25H41N5O2. The molecule has 0 heterocycles. The standard InChI is InChI=1S/C13H16N4.C6H9N.C3H8O.C2H6.CH2O/c1-10(8-15)13(6-7-14)17-12-4-2-11(9-16)3-5-12;7-6-4-2-1-3-5-6;1-3-4-2;2*1-2/h2-6,8,17H,7,14-15H2,1H3;1-2,4H,3,5,7H2;3H2,1-2H3;1-2H3;1H2/b10-8+,13-6-;;;;. The summed E-state index contributed by atoms with van der Waals surface area (Å²) < 4.78 is 4.54. The summed E-state index contributed by atoms with van der Waals surface area (Å²) in [6.07, 6.45) is 11.6. The first-order valence-corrected chi connectivity index (χ1v) is 10.5. The molecule has 0 saturated heterocycles. The molecule has 0 unspecified atom stereocenters. The fraction of sp³-hybridized carbons (Fsp3) is 0.360. The van der Waals surface area contributed by atoms with Crippen molar-refractivity contribution in [2.45, 2.75) is 40.5 Å². The van der Waals surface area contributed by atoms with Crippen molar-refractivity contribution in [3.63, 3.8) is 0 Å². The molecule has 0 aromatic heterocycles. The minimum Gasteiger partial charge on any atom is -0.404 e. The van der Waals surface area contributed by atoms with Gasteiger partial charge < -0.3 is 32.0 Å². The van der Waals surface area contributed by atoms with E-state index in [9.17, 15) is 0 Å². The minimum atomic E-state index is 0.434. The van der Waals surface area contributed by atoms with Gasteiger partial charge >= 0.3 is 0 Å². The highest BCUT2D eigenvalue weighted by Crippen LogP contribution is 2.15. The number of nitriles is 1. The number of allylic oxidation sites excluding steroid dienone is 5. The summed E-state index contributed by atoms with van der Waals surface area (Å²) in [5.74, 6) is 0. The van der Waals surface area contributed by atoms with Crippen molar-refractivity contribution in [1.29, 1.82) is 5.26 Å². The zero-order valence-electron chi connectivity index (χ0n) is 20.2. The van der Waals surface area contributed by atoms with Crippen LogP contribution < -0.4 is 22.5 Å². The second kappa shape index (κ2) is 25.7. The molecule has 0 saturated carbocycles. The average molecular weight is 444 g/mol. The van der Waals surface area contributed by atoms with Crippen molar-refractivity contribution in [1.82, 2.24) is 0 Å². The highest BCUT2D eigenvalue weighted by Gasteiger charge is 2.00. The predicted octanol–water partition coefficient (Wildman–Crippen LogP) is 4.35. The summed E-state index contributed by atoms with van der Waals surface area (Å²) >= 11 is 0. The van der Waals surface area contributed by atoms with Crippen molar-refractivity contribution < 1.29 is 9.53 Å². The summed E-state index contributed by atoms with van der Waals surface area (Å²) in [5, 5.41) is 11.9. The quantitative estimate of drug-likeness (QED) is 0.496. The van der Waals surface area contributed by atoms with Gasteiger partial charge in [-0.2, -0.15) is 5.26 Å². The predicted molar refractivity (Wildman–Crippen MR) is 137 cm³/mol. The van der Waals surface area contributed by atoms with Crippen molar-refractivity contribution >= 4 is 12.5 Å². The number of benzene rings is 1. The minimum absolute atomic E-state index is 0.434. The van der Waals surface area contributed by atoms with Gasteiger partial charge in [0.05, 0.1) is 11.6 Å². The zero-order valence-corrected chi connectivity index (χ0v) is 20.2. The lowest BCUT2D eigenvalue weighted by molar-refractivity contribution is -0.0979. The van der Waals surface area contributed by atoms with E-state index in [0.29, 0.717) is 12.1 Å². The number of ether oxygens (including phenoxy) is 1. The molecule has 0 amide bonds. The fourth-order valence-corrected chi connectivity index (χ4v) is 1.92. The van der Waals surface area contributed by atoms with E-state index in [0.717, 1.165) is 42.1 Å². The van der Waals surface area contributed by atoms with Crippen LogP contribution in [0.15, 0.2) is 71.7 Å². The number of rotatable bonds is 5. The molecule has 0 fully saturated rings. The Balaban J connectivity index is -0.000000460. The molecule has 1 aliphatic carbocycles. The van der Waals surface area contributed by atoms with Crippen LogP contribution in [0, 0.1) is 11.3 Å². The van der Waals surface area contributed by atoms with Gasteiger partial charge in [0.15, 0.2) is 0 Å². The zero-order chi connectivity index (χ0) is 25.2. The van der Waals surface area contributed by atoms with Gasteiger partial charge in [-0.3, -0.25) is 0 Å². The monoisotopic (exact) mass is 443 g/mol. The largest absolute Gasteiger partial charge is 0.404 e. The Labute approximate surface area is 194 Å². The van der Waals surface area contributed by atoms with E-state index < -0.39 is 0 Å².